The number of hydrogen-bond donors (Lipinski definition) is 2. The summed E-state index contributed by atoms with van der Waals surface area (Å²) in [5.74, 6) is -0.769. The van der Waals surface area contributed by atoms with Crippen molar-refractivity contribution in [3.05, 3.63) is 64.7 Å². The molecule has 8 nitrogen and oxygen atoms in total. The fraction of sp³-hybridized carbons (Fsp3) is 0.407. The molecular weight excluding hydrogens is 448 g/mol. The first kappa shape index (κ1) is 23.4. The van der Waals surface area contributed by atoms with Crippen molar-refractivity contribution in [2.75, 3.05) is 39.4 Å². The number of benzene rings is 2. The monoisotopic (exact) mass is 478 g/mol. The molecule has 0 unspecified atom stereocenters. The predicted octanol–water partition coefficient (Wildman–Crippen LogP) is 2.86. The lowest BCUT2D eigenvalue weighted by atomic mass is 9.94. The van der Waals surface area contributed by atoms with Gasteiger partial charge in [-0.15, -0.1) is 0 Å². The number of rotatable bonds is 6. The number of aromatic hydroxyl groups is 1. The fourth-order valence-corrected chi connectivity index (χ4v) is 5.17. The molecule has 0 spiro atoms. The van der Waals surface area contributed by atoms with Gasteiger partial charge in [-0.3, -0.25) is 14.5 Å². The summed E-state index contributed by atoms with van der Waals surface area (Å²) in [4.78, 5) is 30.2. The Morgan fingerprint density at radius 3 is 2.66 bits per heavy atom. The van der Waals surface area contributed by atoms with Crippen LogP contribution in [0.1, 0.15) is 36.1 Å². The first-order valence-electron chi connectivity index (χ1n) is 12.1. The van der Waals surface area contributed by atoms with Crippen molar-refractivity contribution >= 4 is 17.4 Å². The molecule has 3 aliphatic rings. The first-order valence-corrected chi connectivity index (χ1v) is 12.1. The molecule has 8 heteroatoms. The lowest BCUT2D eigenvalue weighted by molar-refractivity contribution is -0.140. The molecule has 3 aliphatic heterocycles. The van der Waals surface area contributed by atoms with Gasteiger partial charge in [0, 0.05) is 38.2 Å². The van der Waals surface area contributed by atoms with E-state index in [1.807, 2.05) is 13.0 Å². The van der Waals surface area contributed by atoms with Crippen molar-refractivity contribution in [2.24, 2.45) is 0 Å². The second-order valence-corrected chi connectivity index (χ2v) is 9.35. The van der Waals surface area contributed by atoms with E-state index in [9.17, 15) is 19.8 Å². The topological polar surface area (TPSA) is 99.5 Å². The summed E-state index contributed by atoms with van der Waals surface area (Å²) in [6, 6.07) is 11.0. The molecule has 2 saturated heterocycles. The second kappa shape index (κ2) is 9.71. The molecule has 2 N–H and O–H groups in total. The number of likely N-dealkylation sites (tertiary alicyclic amines) is 1. The normalized spacial score (nSPS) is 24.0. The van der Waals surface area contributed by atoms with Gasteiger partial charge in [0.15, 0.2) is 0 Å². The van der Waals surface area contributed by atoms with E-state index in [0.29, 0.717) is 43.7 Å². The van der Waals surface area contributed by atoms with Gasteiger partial charge in [-0.05, 0) is 54.8 Å². The molecule has 5 rings (SSSR count). The number of carbonyl (C=O) groups excluding carboxylic acids is 2. The maximum Gasteiger partial charge on any atom is 0.295 e. The number of ether oxygens (including phenoxy) is 2. The molecule has 35 heavy (non-hydrogen) atoms. The number of nitrogens with zero attached hydrogens (tertiary/aromatic N) is 2. The number of fused-ring (bicyclic) bond motifs is 1. The van der Waals surface area contributed by atoms with Gasteiger partial charge in [0.2, 0.25) is 0 Å². The van der Waals surface area contributed by atoms with Crippen LogP contribution < -0.4 is 4.74 Å². The number of ketones is 1. The number of phenolic OH excluding ortho intramolecular Hbond substituents is 1. The largest absolute Gasteiger partial charge is 0.508 e. The van der Waals surface area contributed by atoms with Crippen LogP contribution in [0.5, 0.6) is 11.5 Å². The Bertz CT molecular complexity index is 1170. The van der Waals surface area contributed by atoms with Crippen molar-refractivity contribution in [3.8, 4) is 11.5 Å². The minimum absolute atomic E-state index is 0.0325. The number of phenols is 1. The van der Waals surface area contributed by atoms with Crippen LogP contribution in [-0.4, -0.2) is 77.2 Å². The van der Waals surface area contributed by atoms with E-state index in [-0.39, 0.29) is 23.2 Å². The zero-order valence-electron chi connectivity index (χ0n) is 19.8. The van der Waals surface area contributed by atoms with E-state index in [1.54, 1.807) is 24.3 Å². The number of carbonyl (C=O) groups is 2. The zero-order chi connectivity index (χ0) is 24.5. The number of hydrogen-bond acceptors (Lipinski definition) is 7. The van der Waals surface area contributed by atoms with Crippen LogP contribution in [0.4, 0.5) is 0 Å². The Labute approximate surface area is 204 Å². The highest BCUT2D eigenvalue weighted by atomic mass is 16.5. The summed E-state index contributed by atoms with van der Waals surface area (Å²) >= 11 is 0. The van der Waals surface area contributed by atoms with E-state index in [1.165, 1.54) is 17.0 Å². The van der Waals surface area contributed by atoms with E-state index in [2.05, 4.69) is 4.90 Å². The quantitative estimate of drug-likeness (QED) is 0.374. The Morgan fingerprint density at radius 1 is 1.09 bits per heavy atom. The van der Waals surface area contributed by atoms with Crippen molar-refractivity contribution in [3.63, 3.8) is 0 Å². The van der Waals surface area contributed by atoms with E-state index < -0.39 is 17.7 Å². The average molecular weight is 479 g/mol. The van der Waals surface area contributed by atoms with Gasteiger partial charge in [-0.2, -0.15) is 0 Å². The van der Waals surface area contributed by atoms with Crippen LogP contribution in [-0.2, 0) is 20.7 Å². The van der Waals surface area contributed by atoms with E-state index in [4.69, 9.17) is 9.47 Å². The van der Waals surface area contributed by atoms with E-state index >= 15 is 0 Å². The summed E-state index contributed by atoms with van der Waals surface area (Å²) in [6.45, 7) is 6.18. The number of aliphatic hydroxyl groups is 1. The maximum atomic E-state index is 13.2. The van der Waals surface area contributed by atoms with Crippen LogP contribution in [0.2, 0.25) is 0 Å². The molecule has 3 heterocycles. The molecule has 1 amide bonds. The van der Waals surface area contributed by atoms with Gasteiger partial charge >= 0.3 is 0 Å². The smallest absolute Gasteiger partial charge is 0.295 e. The number of amides is 1. The second-order valence-electron chi connectivity index (χ2n) is 9.35. The molecule has 0 bridgehead atoms. The minimum Gasteiger partial charge on any atom is -0.508 e. The zero-order valence-corrected chi connectivity index (χ0v) is 19.8. The lowest BCUT2D eigenvalue weighted by Gasteiger charge is -2.29. The van der Waals surface area contributed by atoms with Gasteiger partial charge in [0.25, 0.3) is 11.7 Å². The van der Waals surface area contributed by atoms with Crippen LogP contribution in [0.3, 0.4) is 0 Å². The number of aliphatic hydroxyl groups excluding tert-OH is 1. The molecule has 2 aromatic rings. The number of Topliss-reactive ketones (excluding diaryl/α,β-unsaturated/α-hetero) is 1. The molecular formula is C27H30N2O6. The average Bonchev–Trinajstić information content (AvgIpc) is 3.35. The Hall–Kier alpha value is -3.36. The van der Waals surface area contributed by atoms with Crippen LogP contribution >= 0.6 is 0 Å². The molecule has 0 aromatic heterocycles. The molecule has 2 aromatic carbocycles. The third-order valence-corrected chi connectivity index (χ3v) is 6.87. The number of morpholine rings is 1. The third kappa shape index (κ3) is 4.63. The molecule has 0 aliphatic carbocycles. The van der Waals surface area contributed by atoms with Crippen LogP contribution in [0, 0.1) is 0 Å². The summed E-state index contributed by atoms with van der Waals surface area (Å²) < 4.78 is 11.2. The van der Waals surface area contributed by atoms with Crippen molar-refractivity contribution in [1.82, 2.24) is 9.80 Å². The fourth-order valence-electron chi connectivity index (χ4n) is 5.17. The Morgan fingerprint density at radius 2 is 1.89 bits per heavy atom. The van der Waals surface area contributed by atoms with Crippen LogP contribution in [0.25, 0.3) is 5.76 Å². The van der Waals surface area contributed by atoms with Gasteiger partial charge < -0.3 is 24.6 Å². The SMILES string of the molecule is C[C@@H]1Cc2cc(/C(O)=C3\C(=O)C(=O)N(CCCN4CCOCC4)[C@@H]3c3cccc(O)c3)ccc2O1. The molecule has 0 saturated carbocycles. The van der Waals surface area contributed by atoms with Crippen LogP contribution in [0.15, 0.2) is 48.0 Å². The highest BCUT2D eigenvalue weighted by Crippen LogP contribution is 2.41. The van der Waals surface area contributed by atoms with Gasteiger partial charge in [0.05, 0.1) is 24.8 Å². The summed E-state index contributed by atoms with van der Waals surface area (Å²) in [6.07, 6.45) is 1.44. The molecule has 0 radical (unpaired) electrons. The predicted molar refractivity (Wildman–Crippen MR) is 129 cm³/mol. The van der Waals surface area contributed by atoms with Crippen molar-refractivity contribution < 1.29 is 29.3 Å². The Kier molecular flexibility index (Phi) is 6.49. The summed E-state index contributed by atoms with van der Waals surface area (Å²) in [5, 5.41) is 21.4. The van der Waals surface area contributed by atoms with Gasteiger partial charge in [0.1, 0.15) is 23.4 Å². The Balaban J connectivity index is 1.48. The first-order chi connectivity index (χ1) is 16.9. The molecule has 184 valence electrons. The highest BCUT2D eigenvalue weighted by molar-refractivity contribution is 6.46. The van der Waals surface area contributed by atoms with Crippen molar-refractivity contribution in [1.29, 1.82) is 0 Å². The maximum absolute atomic E-state index is 13.2. The molecule has 2 fully saturated rings. The molecule has 2 atom stereocenters. The van der Waals surface area contributed by atoms with Crippen molar-refractivity contribution in [2.45, 2.75) is 31.9 Å². The van der Waals surface area contributed by atoms with Gasteiger partial charge in [-0.25, -0.2) is 0 Å². The summed E-state index contributed by atoms with van der Waals surface area (Å²) in [5.41, 5.74) is 2.04. The lowest BCUT2D eigenvalue weighted by Crippen LogP contribution is -2.38. The standard InChI is InChI=1S/C27H30N2O6/c1-17-14-20-15-19(6-7-22(20)35-17)25(31)23-24(18-4-2-5-21(30)16-18)29(27(33)26(23)32)9-3-8-28-10-12-34-13-11-28/h2,4-7,15-17,24,30-31H,3,8-14H2,1H3/b25-23+/t17-,24-/m1/s1. The minimum atomic E-state index is -0.782. The van der Waals surface area contributed by atoms with Gasteiger partial charge in [-0.1, -0.05) is 12.1 Å². The third-order valence-electron chi connectivity index (χ3n) is 6.87. The summed E-state index contributed by atoms with van der Waals surface area (Å²) in [7, 11) is 0. The van der Waals surface area contributed by atoms with E-state index in [0.717, 1.165) is 30.9 Å². The highest BCUT2D eigenvalue weighted by Gasteiger charge is 2.46.